The molecule has 0 bridgehead atoms. The van der Waals surface area contributed by atoms with Crippen molar-refractivity contribution in [2.24, 2.45) is 0 Å². The highest BCUT2D eigenvalue weighted by Gasteiger charge is 2.23. The molecule has 2 heterocycles. The van der Waals surface area contributed by atoms with Crippen LogP contribution < -0.4 is 0 Å². The number of nitrogens with zero attached hydrogens (tertiary/aromatic N) is 4. The SMILES string of the molecule is O=[N+]([O-])c1ccc(-c2nc(-c3ccccc3)c(-c3ccccc3)n2-c2nccs2)cc1. The second-order valence-corrected chi connectivity index (χ2v) is 7.69. The minimum atomic E-state index is -0.401. The zero-order chi connectivity index (χ0) is 21.2. The molecule has 0 unspecified atom stereocenters. The van der Waals surface area contributed by atoms with Gasteiger partial charge in [-0.2, -0.15) is 0 Å². The first-order valence-corrected chi connectivity index (χ1v) is 10.5. The molecule has 0 aliphatic heterocycles. The van der Waals surface area contributed by atoms with Crippen molar-refractivity contribution in [3.05, 3.63) is 107 Å². The van der Waals surface area contributed by atoms with Crippen LogP contribution in [0.1, 0.15) is 0 Å². The van der Waals surface area contributed by atoms with E-state index in [0.29, 0.717) is 5.82 Å². The molecule has 0 aliphatic carbocycles. The summed E-state index contributed by atoms with van der Waals surface area (Å²) in [5.41, 5.74) is 4.57. The Bertz CT molecular complexity index is 1330. The van der Waals surface area contributed by atoms with Crippen molar-refractivity contribution in [1.82, 2.24) is 14.5 Å². The third kappa shape index (κ3) is 3.51. The molecule has 2 aromatic heterocycles. The molecule has 0 amide bonds. The Morgan fingerprint density at radius 3 is 2.03 bits per heavy atom. The van der Waals surface area contributed by atoms with E-state index in [4.69, 9.17) is 4.98 Å². The molecule has 5 aromatic rings. The lowest BCUT2D eigenvalue weighted by Crippen LogP contribution is -2.00. The van der Waals surface area contributed by atoms with E-state index in [9.17, 15) is 10.1 Å². The van der Waals surface area contributed by atoms with Gasteiger partial charge in [0.15, 0.2) is 5.13 Å². The van der Waals surface area contributed by atoms with E-state index in [2.05, 4.69) is 4.98 Å². The van der Waals surface area contributed by atoms with Gasteiger partial charge >= 0.3 is 0 Å². The van der Waals surface area contributed by atoms with Crippen LogP contribution in [0.3, 0.4) is 0 Å². The highest BCUT2D eigenvalue weighted by molar-refractivity contribution is 7.12. The zero-order valence-corrected chi connectivity index (χ0v) is 17.1. The summed E-state index contributed by atoms with van der Waals surface area (Å²) in [5, 5.41) is 13.8. The van der Waals surface area contributed by atoms with E-state index in [1.807, 2.05) is 70.6 Å². The highest BCUT2D eigenvalue weighted by atomic mass is 32.1. The van der Waals surface area contributed by atoms with Gasteiger partial charge < -0.3 is 0 Å². The lowest BCUT2D eigenvalue weighted by molar-refractivity contribution is -0.384. The summed E-state index contributed by atoms with van der Waals surface area (Å²) in [6.07, 6.45) is 1.76. The van der Waals surface area contributed by atoms with Crippen molar-refractivity contribution in [2.75, 3.05) is 0 Å². The fourth-order valence-electron chi connectivity index (χ4n) is 3.52. The van der Waals surface area contributed by atoms with Crippen LogP contribution in [-0.2, 0) is 0 Å². The lowest BCUT2D eigenvalue weighted by atomic mass is 10.0. The van der Waals surface area contributed by atoms with Crippen LogP contribution in [0.15, 0.2) is 96.5 Å². The predicted molar refractivity (Wildman–Crippen MR) is 122 cm³/mol. The number of nitro benzene ring substituents is 1. The molecule has 3 aromatic carbocycles. The molecule has 0 atom stereocenters. The van der Waals surface area contributed by atoms with Gasteiger partial charge in [0.1, 0.15) is 5.82 Å². The van der Waals surface area contributed by atoms with Crippen LogP contribution in [0.25, 0.3) is 39.0 Å². The van der Waals surface area contributed by atoms with E-state index in [0.717, 1.165) is 33.2 Å². The second-order valence-electron chi connectivity index (χ2n) is 6.82. The smallest absolute Gasteiger partial charge is 0.267 e. The molecule has 0 radical (unpaired) electrons. The monoisotopic (exact) mass is 424 g/mol. The van der Waals surface area contributed by atoms with Crippen LogP contribution in [0.5, 0.6) is 0 Å². The molecule has 0 fully saturated rings. The molecule has 6 nitrogen and oxygen atoms in total. The Balaban J connectivity index is 1.82. The van der Waals surface area contributed by atoms with Crippen molar-refractivity contribution >= 4 is 17.0 Å². The topological polar surface area (TPSA) is 73.8 Å². The number of benzene rings is 3. The van der Waals surface area contributed by atoms with Gasteiger partial charge in [-0.1, -0.05) is 60.7 Å². The van der Waals surface area contributed by atoms with Crippen molar-refractivity contribution in [2.45, 2.75) is 0 Å². The Kier molecular flexibility index (Phi) is 4.86. The number of nitro groups is 1. The maximum Gasteiger partial charge on any atom is 0.269 e. The van der Waals surface area contributed by atoms with Crippen molar-refractivity contribution in [3.63, 3.8) is 0 Å². The predicted octanol–water partition coefficient (Wildman–Crippen LogP) is 6.24. The third-order valence-electron chi connectivity index (χ3n) is 4.92. The lowest BCUT2D eigenvalue weighted by Gasteiger charge is -2.10. The first kappa shape index (κ1) is 18.9. The van der Waals surface area contributed by atoms with Gasteiger partial charge in [-0.25, -0.2) is 9.97 Å². The maximum atomic E-state index is 11.1. The molecular weight excluding hydrogens is 408 g/mol. The summed E-state index contributed by atoms with van der Waals surface area (Å²) in [6.45, 7) is 0. The molecule has 0 saturated heterocycles. The van der Waals surface area contributed by atoms with Gasteiger partial charge in [0, 0.05) is 40.4 Å². The minimum absolute atomic E-state index is 0.0441. The van der Waals surface area contributed by atoms with Gasteiger partial charge in [-0.15, -0.1) is 11.3 Å². The summed E-state index contributed by atoms with van der Waals surface area (Å²) < 4.78 is 2.03. The van der Waals surface area contributed by atoms with Gasteiger partial charge in [-0.3, -0.25) is 14.7 Å². The minimum Gasteiger partial charge on any atom is -0.267 e. The molecule has 31 heavy (non-hydrogen) atoms. The van der Waals surface area contributed by atoms with E-state index in [1.54, 1.807) is 18.3 Å². The first-order chi connectivity index (χ1) is 15.2. The fourth-order valence-corrected chi connectivity index (χ4v) is 4.17. The molecule has 150 valence electrons. The third-order valence-corrected chi connectivity index (χ3v) is 5.68. The molecule has 7 heteroatoms. The summed E-state index contributed by atoms with van der Waals surface area (Å²) >= 11 is 1.51. The van der Waals surface area contributed by atoms with Crippen LogP contribution in [0.4, 0.5) is 5.69 Å². The largest absolute Gasteiger partial charge is 0.269 e. The van der Waals surface area contributed by atoms with E-state index < -0.39 is 4.92 Å². The number of aromatic nitrogens is 3. The van der Waals surface area contributed by atoms with Crippen molar-refractivity contribution < 1.29 is 4.92 Å². The Morgan fingerprint density at radius 2 is 1.45 bits per heavy atom. The molecule has 0 aliphatic rings. The normalized spacial score (nSPS) is 10.8. The number of rotatable bonds is 5. The molecule has 0 spiro atoms. The van der Waals surface area contributed by atoms with E-state index in [-0.39, 0.29) is 5.69 Å². The van der Waals surface area contributed by atoms with Gasteiger partial charge in [0.2, 0.25) is 0 Å². The fraction of sp³-hybridized carbons (Fsp3) is 0. The van der Waals surface area contributed by atoms with Crippen molar-refractivity contribution in [1.29, 1.82) is 0 Å². The second kappa shape index (κ2) is 7.97. The number of hydrogen-bond donors (Lipinski definition) is 0. The summed E-state index contributed by atoms with van der Waals surface area (Å²) in [7, 11) is 0. The summed E-state index contributed by atoms with van der Waals surface area (Å²) in [6, 6.07) is 26.5. The molecule has 5 rings (SSSR count). The van der Waals surface area contributed by atoms with Gasteiger partial charge in [0.25, 0.3) is 5.69 Å². The Labute approximate surface area is 182 Å². The van der Waals surface area contributed by atoms with Crippen LogP contribution in [-0.4, -0.2) is 19.5 Å². The van der Waals surface area contributed by atoms with Gasteiger partial charge in [0.05, 0.1) is 16.3 Å². The highest BCUT2D eigenvalue weighted by Crippen LogP contribution is 2.39. The first-order valence-electron chi connectivity index (χ1n) is 9.60. The molecular formula is C24H16N4O2S. The zero-order valence-electron chi connectivity index (χ0n) is 16.3. The van der Waals surface area contributed by atoms with Gasteiger partial charge in [-0.05, 0) is 12.1 Å². The number of thiazole rings is 1. The Morgan fingerprint density at radius 1 is 0.806 bits per heavy atom. The van der Waals surface area contributed by atoms with Crippen LogP contribution >= 0.6 is 11.3 Å². The average Bonchev–Trinajstić information content (AvgIpc) is 3.48. The Hall–Kier alpha value is -4.10. The van der Waals surface area contributed by atoms with E-state index >= 15 is 0 Å². The van der Waals surface area contributed by atoms with E-state index in [1.165, 1.54) is 23.5 Å². The van der Waals surface area contributed by atoms with Crippen LogP contribution in [0, 0.1) is 10.1 Å². The summed E-state index contributed by atoms with van der Waals surface area (Å²) in [4.78, 5) is 20.3. The molecule has 0 N–H and O–H groups in total. The number of non-ortho nitro benzene ring substituents is 1. The van der Waals surface area contributed by atoms with Crippen LogP contribution in [0.2, 0.25) is 0 Å². The number of imidazole rings is 1. The quantitative estimate of drug-likeness (QED) is 0.247. The average molecular weight is 424 g/mol. The maximum absolute atomic E-state index is 11.1. The summed E-state index contributed by atoms with van der Waals surface area (Å²) in [5.74, 6) is 0.683. The standard InChI is InChI=1S/C24H16N4O2S/c29-28(30)20-13-11-19(12-14-20)23-26-21(17-7-3-1-4-8-17)22(18-9-5-2-6-10-18)27(23)24-25-15-16-31-24/h1-16H. The number of hydrogen-bond acceptors (Lipinski definition) is 5. The van der Waals surface area contributed by atoms with Crippen molar-refractivity contribution in [3.8, 4) is 39.0 Å². The molecule has 0 saturated carbocycles.